The molecule has 0 unspecified atom stereocenters. The SMILES string of the molecule is Cn1cc(-c2cccc(F)c2)nc1C(=O)O. The maximum absolute atomic E-state index is 13.0. The second kappa shape index (κ2) is 3.77. The maximum atomic E-state index is 13.0. The van der Waals surface area contributed by atoms with E-state index in [-0.39, 0.29) is 11.6 Å². The summed E-state index contributed by atoms with van der Waals surface area (Å²) < 4.78 is 14.4. The minimum atomic E-state index is -1.11. The average molecular weight is 220 g/mol. The number of benzene rings is 1. The molecule has 4 nitrogen and oxygen atoms in total. The van der Waals surface area contributed by atoms with E-state index in [1.54, 1.807) is 25.4 Å². The standard InChI is InChI=1S/C11H9FN2O2/c1-14-6-9(13-10(14)11(15)16)7-3-2-4-8(12)5-7/h2-6H,1H3,(H,15,16). The first-order chi connectivity index (χ1) is 7.58. The van der Waals surface area contributed by atoms with Crippen molar-refractivity contribution in [1.82, 2.24) is 9.55 Å². The summed E-state index contributed by atoms with van der Waals surface area (Å²) in [5.41, 5.74) is 1.00. The molecule has 0 aliphatic heterocycles. The Bertz CT molecular complexity index is 549. The lowest BCUT2D eigenvalue weighted by molar-refractivity contribution is 0.0680. The van der Waals surface area contributed by atoms with Crippen LogP contribution in [0.1, 0.15) is 10.6 Å². The van der Waals surface area contributed by atoms with Gasteiger partial charge in [-0.15, -0.1) is 0 Å². The third-order valence-electron chi connectivity index (χ3n) is 2.19. The van der Waals surface area contributed by atoms with Crippen molar-refractivity contribution in [1.29, 1.82) is 0 Å². The fourth-order valence-corrected chi connectivity index (χ4v) is 1.45. The predicted octanol–water partition coefficient (Wildman–Crippen LogP) is 1.92. The first kappa shape index (κ1) is 10.4. The molecule has 1 heterocycles. The molecule has 1 aromatic carbocycles. The summed E-state index contributed by atoms with van der Waals surface area (Å²) in [5, 5.41) is 8.82. The van der Waals surface area contributed by atoms with Gasteiger partial charge in [-0.3, -0.25) is 0 Å². The zero-order chi connectivity index (χ0) is 11.7. The van der Waals surface area contributed by atoms with E-state index < -0.39 is 5.97 Å². The highest BCUT2D eigenvalue weighted by Crippen LogP contribution is 2.18. The van der Waals surface area contributed by atoms with Crippen LogP contribution in [0.4, 0.5) is 4.39 Å². The second-order valence-corrected chi connectivity index (χ2v) is 3.38. The average Bonchev–Trinajstić information content (AvgIpc) is 2.60. The number of nitrogens with zero attached hydrogens (tertiary/aromatic N) is 2. The van der Waals surface area contributed by atoms with Crippen molar-refractivity contribution < 1.29 is 14.3 Å². The van der Waals surface area contributed by atoms with E-state index in [1.165, 1.54) is 16.7 Å². The van der Waals surface area contributed by atoms with Crippen LogP contribution >= 0.6 is 0 Å². The third kappa shape index (κ3) is 1.79. The topological polar surface area (TPSA) is 55.1 Å². The number of hydrogen-bond donors (Lipinski definition) is 1. The lowest BCUT2D eigenvalue weighted by atomic mass is 10.2. The van der Waals surface area contributed by atoms with Crippen LogP contribution in [0.15, 0.2) is 30.5 Å². The number of carboxylic acid groups (broad SMARTS) is 1. The Labute approximate surface area is 91.0 Å². The molecule has 0 saturated heterocycles. The van der Waals surface area contributed by atoms with E-state index in [1.807, 2.05) is 0 Å². The first-order valence-corrected chi connectivity index (χ1v) is 4.60. The maximum Gasteiger partial charge on any atom is 0.372 e. The van der Waals surface area contributed by atoms with Crippen LogP contribution in [0.3, 0.4) is 0 Å². The fourth-order valence-electron chi connectivity index (χ4n) is 1.45. The molecule has 0 aliphatic carbocycles. The summed E-state index contributed by atoms with van der Waals surface area (Å²) in [6.45, 7) is 0. The van der Waals surface area contributed by atoms with Crippen LogP contribution in [0.2, 0.25) is 0 Å². The van der Waals surface area contributed by atoms with Gasteiger partial charge in [0.15, 0.2) is 0 Å². The third-order valence-corrected chi connectivity index (χ3v) is 2.19. The van der Waals surface area contributed by atoms with Gasteiger partial charge in [-0.05, 0) is 12.1 Å². The lowest BCUT2D eigenvalue weighted by Crippen LogP contribution is -2.04. The summed E-state index contributed by atoms with van der Waals surface area (Å²) in [6, 6.07) is 5.87. The zero-order valence-electron chi connectivity index (χ0n) is 8.51. The largest absolute Gasteiger partial charge is 0.475 e. The number of rotatable bonds is 2. The normalized spacial score (nSPS) is 10.4. The summed E-state index contributed by atoms with van der Waals surface area (Å²) in [5.74, 6) is -1.55. The van der Waals surface area contributed by atoms with Crippen LogP contribution in [-0.4, -0.2) is 20.6 Å². The number of imidazole rings is 1. The first-order valence-electron chi connectivity index (χ1n) is 4.60. The molecule has 2 aromatic rings. The van der Waals surface area contributed by atoms with Crippen molar-refractivity contribution in [3.05, 3.63) is 42.1 Å². The van der Waals surface area contributed by atoms with Gasteiger partial charge in [-0.25, -0.2) is 14.2 Å². The molecule has 2 rings (SSSR count). The van der Waals surface area contributed by atoms with Gasteiger partial charge >= 0.3 is 5.97 Å². The smallest absolute Gasteiger partial charge is 0.372 e. The van der Waals surface area contributed by atoms with Crippen LogP contribution < -0.4 is 0 Å². The van der Waals surface area contributed by atoms with Crippen molar-refractivity contribution >= 4 is 5.97 Å². The molecule has 0 saturated carbocycles. The Kier molecular flexibility index (Phi) is 2.44. The molecule has 0 atom stereocenters. The van der Waals surface area contributed by atoms with E-state index in [9.17, 15) is 9.18 Å². The quantitative estimate of drug-likeness (QED) is 0.841. The van der Waals surface area contributed by atoms with Crippen LogP contribution in [-0.2, 0) is 7.05 Å². The highest BCUT2D eigenvalue weighted by atomic mass is 19.1. The van der Waals surface area contributed by atoms with Gasteiger partial charge in [0.2, 0.25) is 5.82 Å². The predicted molar refractivity (Wildman–Crippen MR) is 55.6 cm³/mol. The molecule has 5 heteroatoms. The van der Waals surface area contributed by atoms with E-state index in [0.717, 1.165) is 0 Å². The van der Waals surface area contributed by atoms with Gasteiger partial charge in [0.25, 0.3) is 0 Å². The van der Waals surface area contributed by atoms with Crippen LogP contribution in [0.5, 0.6) is 0 Å². The molecule has 0 spiro atoms. The molecule has 82 valence electrons. The van der Waals surface area contributed by atoms with E-state index >= 15 is 0 Å². The highest BCUT2D eigenvalue weighted by molar-refractivity contribution is 5.84. The van der Waals surface area contributed by atoms with Crippen LogP contribution in [0, 0.1) is 5.82 Å². The monoisotopic (exact) mass is 220 g/mol. The number of carboxylic acids is 1. The van der Waals surface area contributed by atoms with E-state index in [0.29, 0.717) is 11.3 Å². The molecule has 1 aromatic heterocycles. The molecule has 0 bridgehead atoms. The molecular formula is C11H9FN2O2. The molecular weight excluding hydrogens is 211 g/mol. The minimum absolute atomic E-state index is 0.0701. The Hall–Kier alpha value is -2.17. The number of halogens is 1. The molecule has 0 aliphatic rings. The van der Waals surface area contributed by atoms with Gasteiger partial charge in [-0.2, -0.15) is 0 Å². The number of aromatic carboxylic acids is 1. The van der Waals surface area contributed by atoms with E-state index in [2.05, 4.69) is 4.98 Å². The van der Waals surface area contributed by atoms with Gasteiger partial charge in [0, 0.05) is 18.8 Å². The Balaban J connectivity index is 2.49. The van der Waals surface area contributed by atoms with Gasteiger partial charge in [0.1, 0.15) is 5.82 Å². The zero-order valence-corrected chi connectivity index (χ0v) is 8.51. The van der Waals surface area contributed by atoms with Crippen molar-refractivity contribution in [3.63, 3.8) is 0 Å². The molecule has 0 radical (unpaired) electrons. The highest BCUT2D eigenvalue weighted by Gasteiger charge is 2.13. The van der Waals surface area contributed by atoms with Crippen molar-refractivity contribution in [2.75, 3.05) is 0 Å². The van der Waals surface area contributed by atoms with Gasteiger partial charge < -0.3 is 9.67 Å². The van der Waals surface area contributed by atoms with E-state index in [4.69, 9.17) is 5.11 Å². The number of hydrogen-bond acceptors (Lipinski definition) is 2. The Morgan fingerprint density at radius 2 is 2.25 bits per heavy atom. The Morgan fingerprint density at radius 3 is 2.81 bits per heavy atom. The lowest BCUT2D eigenvalue weighted by Gasteiger charge is -1.95. The van der Waals surface area contributed by atoms with Crippen molar-refractivity contribution in [2.24, 2.45) is 7.05 Å². The number of aryl methyl sites for hydroxylation is 1. The molecule has 0 amide bonds. The molecule has 16 heavy (non-hydrogen) atoms. The van der Waals surface area contributed by atoms with Crippen molar-refractivity contribution in [2.45, 2.75) is 0 Å². The van der Waals surface area contributed by atoms with Crippen molar-refractivity contribution in [3.8, 4) is 11.3 Å². The molecule has 0 fully saturated rings. The second-order valence-electron chi connectivity index (χ2n) is 3.38. The van der Waals surface area contributed by atoms with Gasteiger partial charge in [-0.1, -0.05) is 12.1 Å². The fraction of sp³-hybridized carbons (Fsp3) is 0.0909. The van der Waals surface area contributed by atoms with Crippen LogP contribution in [0.25, 0.3) is 11.3 Å². The summed E-state index contributed by atoms with van der Waals surface area (Å²) in [7, 11) is 1.58. The number of carbonyl (C=O) groups is 1. The Morgan fingerprint density at radius 1 is 1.50 bits per heavy atom. The summed E-state index contributed by atoms with van der Waals surface area (Å²) in [4.78, 5) is 14.7. The molecule has 1 N–H and O–H groups in total. The summed E-state index contributed by atoms with van der Waals surface area (Å²) >= 11 is 0. The minimum Gasteiger partial charge on any atom is -0.475 e. The van der Waals surface area contributed by atoms with Gasteiger partial charge in [0.05, 0.1) is 5.69 Å². The summed E-state index contributed by atoms with van der Waals surface area (Å²) in [6.07, 6.45) is 1.55. The number of aromatic nitrogens is 2.